The lowest BCUT2D eigenvalue weighted by Gasteiger charge is -2.21. The zero-order valence-corrected chi connectivity index (χ0v) is 11.9. The first kappa shape index (κ1) is 13.7. The fourth-order valence-corrected chi connectivity index (χ4v) is 3.14. The van der Waals surface area contributed by atoms with Crippen LogP contribution in [0.1, 0.15) is 24.1 Å². The molecule has 1 saturated heterocycles. The molecule has 1 aromatic heterocycles. The van der Waals surface area contributed by atoms with Gasteiger partial charge in [0, 0.05) is 23.1 Å². The second kappa shape index (κ2) is 5.24. The van der Waals surface area contributed by atoms with Crippen LogP contribution in [0.15, 0.2) is 24.3 Å². The van der Waals surface area contributed by atoms with Gasteiger partial charge < -0.3 is 15.0 Å². The summed E-state index contributed by atoms with van der Waals surface area (Å²) in [7, 11) is 0. The van der Waals surface area contributed by atoms with Crippen molar-refractivity contribution < 1.29 is 14.7 Å². The standard InChI is InChI=1S/C16H18N2O3/c1-10-12(11-5-2-3-6-13(11)17-10)9-15(19)18-8-4-7-14(18)16(20)21/h2-3,5-6,14,17H,4,7-9H2,1H3,(H,20,21)/t14-/m1/s1. The molecule has 2 N–H and O–H groups in total. The number of carboxylic acids is 1. The molecule has 0 bridgehead atoms. The molecule has 3 rings (SSSR count). The van der Waals surface area contributed by atoms with Crippen molar-refractivity contribution in [3.8, 4) is 0 Å². The first-order valence-electron chi connectivity index (χ1n) is 7.16. The molecule has 1 aliphatic heterocycles. The van der Waals surface area contributed by atoms with E-state index in [2.05, 4.69) is 4.98 Å². The second-order valence-corrected chi connectivity index (χ2v) is 5.53. The summed E-state index contributed by atoms with van der Waals surface area (Å²) >= 11 is 0. The molecule has 2 aromatic rings. The van der Waals surface area contributed by atoms with Gasteiger partial charge in [0.2, 0.25) is 5.91 Å². The van der Waals surface area contributed by atoms with Crippen LogP contribution in [0.5, 0.6) is 0 Å². The van der Waals surface area contributed by atoms with Crippen molar-refractivity contribution in [2.24, 2.45) is 0 Å². The molecule has 0 aliphatic carbocycles. The number of nitrogens with zero attached hydrogens (tertiary/aromatic N) is 1. The van der Waals surface area contributed by atoms with Gasteiger partial charge in [0.15, 0.2) is 0 Å². The molecule has 1 aliphatic rings. The molecular formula is C16H18N2O3. The zero-order chi connectivity index (χ0) is 15.0. The molecule has 5 nitrogen and oxygen atoms in total. The van der Waals surface area contributed by atoms with Gasteiger partial charge >= 0.3 is 5.97 Å². The summed E-state index contributed by atoms with van der Waals surface area (Å²) in [4.78, 5) is 28.4. The third-order valence-corrected chi connectivity index (χ3v) is 4.21. The van der Waals surface area contributed by atoms with Gasteiger partial charge in [-0.15, -0.1) is 0 Å². The fourth-order valence-electron chi connectivity index (χ4n) is 3.14. The summed E-state index contributed by atoms with van der Waals surface area (Å²) < 4.78 is 0. The van der Waals surface area contributed by atoms with Crippen molar-refractivity contribution in [2.75, 3.05) is 6.54 Å². The average Bonchev–Trinajstić information content (AvgIpc) is 3.04. The molecule has 1 aromatic carbocycles. The Hall–Kier alpha value is -2.30. The summed E-state index contributed by atoms with van der Waals surface area (Å²) in [5, 5.41) is 10.2. The lowest BCUT2D eigenvalue weighted by molar-refractivity contribution is -0.147. The Balaban J connectivity index is 1.87. The Kier molecular flexibility index (Phi) is 3.41. The van der Waals surface area contributed by atoms with Crippen molar-refractivity contribution >= 4 is 22.8 Å². The molecule has 21 heavy (non-hydrogen) atoms. The highest BCUT2D eigenvalue weighted by molar-refractivity contribution is 5.91. The lowest BCUT2D eigenvalue weighted by atomic mass is 10.1. The number of amides is 1. The predicted molar refractivity (Wildman–Crippen MR) is 79.1 cm³/mol. The van der Waals surface area contributed by atoms with E-state index in [1.54, 1.807) is 0 Å². The summed E-state index contributed by atoms with van der Waals surface area (Å²) in [6, 6.07) is 7.19. The molecule has 1 amide bonds. The zero-order valence-electron chi connectivity index (χ0n) is 11.9. The summed E-state index contributed by atoms with van der Waals surface area (Å²) in [5.41, 5.74) is 2.94. The number of nitrogens with one attached hydrogen (secondary N) is 1. The van der Waals surface area contributed by atoms with Crippen molar-refractivity contribution in [1.29, 1.82) is 0 Å². The first-order chi connectivity index (χ1) is 10.1. The number of carbonyl (C=O) groups is 2. The van der Waals surface area contributed by atoms with Gasteiger partial charge in [-0.1, -0.05) is 18.2 Å². The van der Waals surface area contributed by atoms with Gasteiger partial charge in [0.05, 0.1) is 6.42 Å². The Morgan fingerprint density at radius 1 is 1.38 bits per heavy atom. The summed E-state index contributed by atoms with van der Waals surface area (Å²) in [5.74, 6) is -1.01. The van der Waals surface area contributed by atoms with Gasteiger partial charge in [-0.2, -0.15) is 0 Å². The normalized spacial score (nSPS) is 18.3. The lowest BCUT2D eigenvalue weighted by Crippen LogP contribution is -2.41. The van der Waals surface area contributed by atoms with Crippen molar-refractivity contribution in [3.05, 3.63) is 35.5 Å². The molecular weight excluding hydrogens is 268 g/mol. The van der Waals surface area contributed by atoms with Crippen LogP contribution in [-0.2, 0) is 16.0 Å². The highest BCUT2D eigenvalue weighted by atomic mass is 16.4. The van der Waals surface area contributed by atoms with E-state index in [0.29, 0.717) is 13.0 Å². The molecule has 0 spiro atoms. The van der Waals surface area contributed by atoms with Crippen LogP contribution < -0.4 is 0 Å². The minimum atomic E-state index is -0.906. The van der Waals surface area contributed by atoms with Crippen molar-refractivity contribution in [2.45, 2.75) is 32.2 Å². The van der Waals surface area contributed by atoms with Crippen LogP contribution in [0.25, 0.3) is 10.9 Å². The predicted octanol–water partition coefficient (Wildman–Crippen LogP) is 2.09. The maximum atomic E-state index is 12.5. The molecule has 2 heterocycles. The number of para-hydroxylation sites is 1. The maximum Gasteiger partial charge on any atom is 0.326 e. The van der Waals surface area contributed by atoms with E-state index >= 15 is 0 Å². The van der Waals surface area contributed by atoms with E-state index in [4.69, 9.17) is 0 Å². The van der Waals surface area contributed by atoms with E-state index in [-0.39, 0.29) is 12.3 Å². The van der Waals surface area contributed by atoms with Crippen LogP contribution in [-0.4, -0.2) is 39.5 Å². The quantitative estimate of drug-likeness (QED) is 0.907. The molecule has 5 heteroatoms. The largest absolute Gasteiger partial charge is 0.480 e. The van der Waals surface area contributed by atoms with Crippen molar-refractivity contribution in [1.82, 2.24) is 9.88 Å². The number of aromatic nitrogens is 1. The fraction of sp³-hybridized carbons (Fsp3) is 0.375. The minimum absolute atomic E-state index is 0.104. The monoisotopic (exact) mass is 286 g/mol. The Morgan fingerprint density at radius 3 is 2.90 bits per heavy atom. The summed E-state index contributed by atoms with van der Waals surface area (Å²) in [6.45, 7) is 2.48. The van der Waals surface area contributed by atoms with Crippen molar-refractivity contribution in [3.63, 3.8) is 0 Å². The first-order valence-corrected chi connectivity index (χ1v) is 7.16. The number of aromatic amines is 1. The molecule has 0 saturated carbocycles. The van der Waals surface area contributed by atoms with E-state index in [9.17, 15) is 14.7 Å². The smallest absolute Gasteiger partial charge is 0.326 e. The maximum absolute atomic E-state index is 12.5. The number of carbonyl (C=O) groups excluding carboxylic acids is 1. The highest BCUT2D eigenvalue weighted by Crippen LogP contribution is 2.25. The van der Waals surface area contributed by atoms with E-state index in [0.717, 1.165) is 28.6 Å². The Bertz CT molecular complexity index is 705. The molecule has 1 fully saturated rings. The molecule has 110 valence electrons. The molecule has 0 radical (unpaired) electrons. The summed E-state index contributed by atoms with van der Waals surface area (Å²) in [6.07, 6.45) is 1.56. The Morgan fingerprint density at radius 2 is 2.14 bits per heavy atom. The SMILES string of the molecule is Cc1[nH]c2ccccc2c1CC(=O)N1CCC[C@@H]1C(=O)O. The van der Waals surface area contributed by atoms with E-state index in [1.807, 2.05) is 31.2 Å². The number of benzene rings is 1. The second-order valence-electron chi connectivity index (χ2n) is 5.53. The van der Waals surface area contributed by atoms with Crippen LogP contribution in [0.3, 0.4) is 0 Å². The number of hydrogen-bond acceptors (Lipinski definition) is 2. The Labute approximate surface area is 122 Å². The van der Waals surface area contributed by atoms with Gasteiger partial charge in [0.1, 0.15) is 6.04 Å². The topological polar surface area (TPSA) is 73.4 Å². The van der Waals surface area contributed by atoms with Crippen LogP contribution >= 0.6 is 0 Å². The van der Waals surface area contributed by atoms with E-state index in [1.165, 1.54) is 4.90 Å². The van der Waals surface area contributed by atoms with Crippen LogP contribution in [0, 0.1) is 6.92 Å². The third-order valence-electron chi connectivity index (χ3n) is 4.21. The molecule has 0 unspecified atom stereocenters. The highest BCUT2D eigenvalue weighted by Gasteiger charge is 2.34. The van der Waals surface area contributed by atoms with Crippen LogP contribution in [0.2, 0.25) is 0 Å². The van der Waals surface area contributed by atoms with Gasteiger partial charge in [-0.25, -0.2) is 4.79 Å². The van der Waals surface area contributed by atoms with E-state index < -0.39 is 12.0 Å². The average molecular weight is 286 g/mol. The number of H-pyrrole nitrogens is 1. The number of carboxylic acid groups (broad SMARTS) is 1. The van der Waals surface area contributed by atoms with Gasteiger partial charge in [-0.05, 0) is 31.4 Å². The number of rotatable bonds is 3. The van der Waals surface area contributed by atoms with Crippen LogP contribution in [0.4, 0.5) is 0 Å². The number of aliphatic carboxylic acids is 1. The number of fused-ring (bicyclic) bond motifs is 1. The number of aryl methyl sites for hydroxylation is 1. The minimum Gasteiger partial charge on any atom is -0.480 e. The van der Waals surface area contributed by atoms with Gasteiger partial charge in [-0.3, -0.25) is 4.79 Å². The van der Waals surface area contributed by atoms with Gasteiger partial charge in [0.25, 0.3) is 0 Å². The molecule has 1 atom stereocenters. The number of hydrogen-bond donors (Lipinski definition) is 2. The third kappa shape index (κ3) is 2.39. The number of likely N-dealkylation sites (tertiary alicyclic amines) is 1.